The second-order valence-electron chi connectivity index (χ2n) is 8.29. The predicted molar refractivity (Wildman–Crippen MR) is 134 cm³/mol. The Bertz CT molecular complexity index is 1560. The second kappa shape index (κ2) is 8.98. The van der Waals surface area contributed by atoms with Crippen molar-refractivity contribution in [3.05, 3.63) is 95.2 Å². The molecule has 0 aliphatic rings. The smallest absolute Gasteiger partial charge is 0.274 e. The summed E-state index contributed by atoms with van der Waals surface area (Å²) in [7, 11) is 0. The van der Waals surface area contributed by atoms with Crippen LogP contribution in [0, 0.1) is 27.7 Å². The summed E-state index contributed by atoms with van der Waals surface area (Å²) in [5.41, 5.74) is 4.87. The molecule has 5 aromatic rings. The second-order valence-corrected chi connectivity index (χ2v) is 8.29. The summed E-state index contributed by atoms with van der Waals surface area (Å²) in [6, 6.07) is 20.1. The van der Waals surface area contributed by atoms with E-state index in [4.69, 9.17) is 4.74 Å². The largest absolute Gasteiger partial charge is 0.439 e. The third-order valence-electron chi connectivity index (χ3n) is 5.84. The summed E-state index contributed by atoms with van der Waals surface area (Å²) in [6.07, 6.45) is 0. The van der Waals surface area contributed by atoms with Crippen molar-refractivity contribution in [3.63, 3.8) is 0 Å². The molecule has 1 N–H and O–H groups in total. The number of carbonyl (C=O) groups excluding carboxylic acids is 1. The highest BCUT2D eigenvalue weighted by atomic mass is 16.5. The molecule has 0 saturated heterocycles. The van der Waals surface area contributed by atoms with Gasteiger partial charge in [-0.3, -0.25) is 4.79 Å². The first kappa shape index (κ1) is 22.2. The highest BCUT2D eigenvalue weighted by molar-refractivity contribution is 6.04. The highest BCUT2D eigenvalue weighted by Gasteiger charge is 2.13. The molecule has 3 heterocycles. The van der Waals surface area contributed by atoms with Gasteiger partial charge in [0, 0.05) is 22.8 Å². The Hall–Kier alpha value is -4.59. The van der Waals surface area contributed by atoms with Crippen molar-refractivity contribution in [1.82, 2.24) is 24.7 Å². The number of hydrogen-bond acceptors (Lipinski definition) is 6. The molecule has 8 heteroatoms. The Labute approximate surface area is 202 Å². The lowest BCUT2D eigenvalue weighted by Gasteiger charge is -2.10. The zero-order valence-corrected chi connectivity index (χ0v) is 19.9. The van der Waals surface area contributed by atoms with Gasteiger partial charge in [-0.15, -0.1) is 0 Å². The quantitative estimate of drug-likeness (QED) is 0.370. The van der Waals surface area contributed by atoms with Crippen LogP contribution >= 0.6 is 0 Å². The molecule has 174 valence electrons. The lowest BCUT2D eigenvalue weighted by Crippen LogP contribution is -2.13. The van der Waals surface area contributed by atoms with E-state index < -0.39 is 0 Å². The summed E-state index contributed by atoms with van der Waals surface area (Å²) >= 11 is 0. The van der Waals surface area contributed by atoms with Gasteiger partial charge in [0.2, 0.25) is 5.88 Å². The normalized spacial score (nSPS) is 11.0. The molecule has 0 aliphatic heterocycles. The summed E-state index contributed by atoms with van der Waals surface area (Å²) in [5, 5.41) is 8.44. The van der Waals surface area contributed by atoms with Gasteiger partial charge in [-0.2, -0.15) is 10.1 Å². The van der Waals surface area contributed by atoms with Crippen LogP contribution in [0.4, 0.5) is 5.69 Å². The maximum Gasteiger partial charge on any atom is 0.274 e. The minimum atomic E-state index is -0.277. The zero-order chi connectivity index (χ0) is 24.5. The van der Waals surface area contributed by atoms with Crippen LogP contribution in [0.3, 0.4) is 0 Å². The van der Waals surface area contributed by atoms with E-state index in [1.165, 1.54) is 0 Å². The zero-order valence-electron chi connectivity index (χ0n) is 19.9. The van der Waals surface area contributed by atoms with E-state index in [9.17, 15) is 4.79 Å². The van der Waals surface area contributed by atoms with Gasteiger partial charge in [-0.1, -0.05) is 24.3 Å². The maximum absolute atomic E-state index is 12.7. The number of carbonyl (C=O) groups is 1. The van der Waals surface area contributed by atoms with Crippen LogP contribution in [-0.2, 0) is 0 Å². The Morgan fingerprint density at radius 1 is 0.886 bits per heavy atom. The fraction of sp³-hybridized carbons (Fsp3) is 0.148. The predicted octanol–water partition coefficient (Wildman–Crippen LogP) is 5.49. The lowest BCUT2D eigenvalue weighted by atomic mass is 10.2. The first-order chi connectivity index (χ1) is 16.9. The van der Waals surface area contributed by atoms with Gasteiger partial charge in [-0.25, -0.2) is 14.6 Å². The summed E-state index contributed by atoms with van der Waals surface area (Å²) < 4.78 is 7.77. The van der Waals surface area contributed by atoms with Crippen LogP contribution < -0.4 is 10.1 Å². The minimum absolute atomic E-state index is 0.277. The number of pyridine rings is 1. The number of amides is 1. The van der Waals surface area contributed by atoms with E-state index in [2.05, 4.69) is 25.4 Å². The average Bonchev–Trinajstić information content (AvgIpc) is 3.12. The number of nitrogens with zero attached hydrogens (tertiary/aromatic N) is 5. The number of ether oxygens (including phenoxy) is 1. The average molecular weight is 465 g/mol. The van der Waals surface area contributed by atoms with E-state index in [1.807, 2.05) is 58.0 Å². The maximum atomic E-state index is 12.7. The Morgan fingerprint density at radius 2 is 1.66 bits per heavy atom. The van der Waals surface area contributed by atoms with Crippen molar-refractivity contribution in [2.45, 2.75) is 27.7 Å². The Kier molecular flexibility index (Phi) is 5.70. The van der Waals surface area contributed by atoms with Crippen LogP contribution in [0.15, 0.2) is 66.7 Å². The molecule has 3 aromatic heterocycles. The standard InChI is InChI=1S/C27H24N6O2/c1-16-17(2)32-33(18(16)3)25-15-26(29-19(4)28-25)35-22-12-10-21(11-13-22)30-27(34)24-14-9-20-7-5-6-8-23(20)31-24/h5-15H,1-4H3,(H,30,34). The third kappa shape index (κ3) is 4.59. The van der Waals surface area contributed by atoms with Crippen molar-refractivity contribution >= 4 is 22.5 Å². The molecule has 0 unspecified atom stereocenters. The number of aryl methyl sites for hydroxylation is 2. The molecule has 0 aliphatic carbocycles. The minimum Gasteiger partial charge on any atom is -0.439 e. The van der Waals surface area contributed by atoms with Crippen molar-refractivity contribution in [1.29, 1.82) is 0 Å². The molecule has 8 nitrogen and oxygen atoms in total. The fourth-order valence-corrected chi connectivity index (χ4v) is 3.74. The van der Waals surface area contributed by atoms with Gasteiger partial charge < -0.3 is 10.1 Å². The van der Waals surface area contributed by atoms with Crippen molar-refractivity contribution in [3.8, 4) is 17.4 Å². The van der Waals surface area contributed by atoms with Crippen LogP contribution in [0.25, 0.3) is 16.7 Å². The molecule has 5 rings (SSSR count). The molecule has 2 aromatic carbocycles. The number of anilines is 1. The molecule has 0 spiro atoms. The lowest BCUT2D eigenvalue weighted by molar-refractivity contribution is 0.102. The summed E-state index contributed by atoms with van der Waals surface area (Å²) in [4.78, 5) is 26.0. The summed E-state index contributed by atoms with van der Waals surface area (Å²) in [5.74, 6) is 1.94. The number of para-hydroxylation sites is 1. The number of rotatable bonds is 5. The van der Waals surface area contributed by atoms with Crippen LogP contribution in [0.5, 0.6) is 11.6 Å². The van der Waals surface area contributed by atoms with Gasteiger partial charge in [0.1, 0.15) is 17.3 Å². The first-order valence-corrected chi connectivity index (χ1v) is 11.2. The number of benzene rings is 2. The molecule has 35 heavy (non-hydrogen) atoms. The Morgan fingerprint density at radius 3 is 2.40 bits per heavy atom. The van der Waals surface area contributed by atoms with Crippen molar-refractivity contribution in [2.75, 3.05) is 5.32 Å². The van der Waals surface area contributed by atoms with Crippen LogP contribution in [0.2, 0.25) is 0 Å². The van der Waals surface area contributed by atoms with E-state index in [-0.39, 0.29) is 5.91 Å². The van der Waals surface area contributed by atoms with Crippen LogP contribution in [-0.4, -0.2) is 30.6 Å². The fourth-order valence-electron chi connectivity index (χ4n) is 3.74. The SMILES string of the molecule is Cc1nc(Oc2ccc(NC(=O)c3ccc4ccccc4n3)cc2)cc(-n2nc(C)c(C)c2C)n1. The topological polar surface area (TPSA) is 94.8 Å². The van der Waals surface area contributed by atoms with Crippen molar-refractivity contribution in [2.24, 2.45) is 0 Å². The van der Waals surface area contributed by atoms with Crippen molar-refractivity contribution < 1.29 is 9.53 Å². The van der Waals surface area contributed by atoms with E-state index in [1.54, 1.807) is 41.1 Å². The molecule has 1 amide bonds. The van der Waals surface area contributed by atoms with E-state index >= 15 is 0 Å². The van der Waals surface area contributed by atoms with Gasteiger partial charge >= 0.3 is 0 Å². The van der Waals surface area contributed by atoms with Gasteiger partial charge in [-0.05, 0) is 69.7 Å². The highest BCUT2D eigenvalue weighted by Crippen LogP contribution is 2.24. The van der Waals surface area contributed by atoms with Gasteiger partial charge in [0.25, 0.3) is 5.91 Å². The van der Waals surface area contributed by atoms with E-state index in [0.717, 1.165) is 27.9 Å². The number of hydrogen-bond donors (Lipinski definition) is 1. The molecule has 0 bridgehead atoms. The monoisotopic (exact) mass is 464 g/mol. The molecular formula is C27H24N6O2. The first-order valence-electron chi connectivity index (χ1n) is 11.2. The van der Waals surface area contributed by atoms with Gasteiger partial charge in [0.15, 0.2) is 5.82 Å². The number of aromatic nitrogens is 5. The van der Waals surface area contributed by atoms with Crippen LogP contribution in [0.1, 0.15) is 33.3 Å². The van der Waals surface area contributed by atoms with Gasteiger partial charge in [0.05, 0.1) is 11.2 Å². The molecule has 0 fully saturated rings. The number of fused-ring (bicyclic) bond motifs is 1. The molecule has 0 radical (unpaired) electrons. The third-order valence-corrected chi connectivity index (χ3v) is 5.84. The molecule has 0 atom stereocenters. The number of nitrogens with one attached hydrogen (secondary N) is 1. The molecular weight excluding hydrogens is 440 g/mol. The summed E-state index contributed by atoms with van der Waals surface area (Å²) in [6.45, 7) is 7.83. The molecule has 0 saturated carbocycles. The van der Waals surface area contributed by atoms with E-state index in [0.29, 0.717) is 34.7 Å². The Balaban J connectivity index is 1.31.